The molecule has 1 aliphatic heterocycles. The molecule has 35 heavy (non-hydrogen) atoms. The number of ether oxygens (including phenoxy) is 2. The van der Waals surface area contributed by atoms with Gasteiger partial charge in [0, 0.05) is 24.2 Å². The summed E-state index contributed by atoms with van der Waals surface area (Å²) in [5.41, 5.74) is 5.46. The van der Waals surface area contributed by atoms with Gasteiger partial charge >= 0.3 is 0 Å². The van der Waals surface area contributed by atoms with Crippen LogP contribution >= 0.6 is 0 Å². The van der Waals surface area contributed by atoms with E-state index in [4.69, 9.17) is 9.47 Å². The number of carbonyl (C=O) groups excluding carboxylic acids is 2. The Labute approximate surface area is 205 Å². The SMILES string of the molecule is COc1cc(/C=N\NC(=O)c2ccccc2)ccc1OCc1ccc(C(=O)N2CCCCC2)cc1. The Kier molecular flexibility index (Phi) is 8.12. The van der Waals surface area contributed by atoms with Crippen molar-refractivity contribution in [1.29, 1.82) is 0 Å². The minimum atomic E-state index is -0.280. The zero-order valence-electron chi connectivity index (χ0n) is 19.8. The van der Waals surface area contributed by atoms with E-state index in [1.165, 1.54) is 6.42 Å². The van der Waals surface area contributed by atoms with Crippen LogP contribution in [0.4, 0.5) is 0 Å². The van der Waals surface area contributed by atoms with Gasteiger partial charge in [0.05, 0.1) is 13.3 Å². The van der Waals surface area contributed by atoms with Gasteiger partial charge in [0.2, 0.25) is 0 Å². The Morgan fingerprint density at radius 1 is 0.914 bits per heavy atom. The van der Waals surface area contributed by atoms with Gasteiger partial charge in [0.1, 0.15) is 6.61 Å². The van der Waals surface area contributed by atoms with Crippen molar-refractivity contribution in [2.24, 2.45) is 5.10 Å². The Bertz CT molecular complexity index is 1170. The summed E-state index contributed by atoms with van der Waals surface area (Å²) in [6.45, 7) is 2.02. The predicted octanol–water partition coefficient (Wildman–Crippen LogP) is 4.66. The van der Waals surface area contributed by atoms with Crippen molar-refractivity contribution < 1.29 is 19.1 Å². The molecule has 180 valence electrons. The summed E-state index contributed by atoms with van der Waals surface area (Å²) in [4.78, 5) is 26.6. The van der Waals surface area contributed by atoms with Crippen molar-refractivity contribution in [3.05, 3.63) is 95.1 Å². The number of hydrogen-bond acceptors (Lipinski definition) is 5. The van der Waals surface area contributed by atoms with Crippen molar-refractivity contribution in [3.8, 4) is 11.5 Å². The minimum absolute atomic E-state index is 0.0936. The van der Waals surface area contributed by atoms with Crippen LogP contribution in [-0.4, -0.2) is 43.1 Å². The molecule has 4 rings (SSSR count). The van der Waals surface area contributed by atoms with Crippen LogP contribution in [0.1, 0.15) is 51.1 Å². The molecular weight excluding hydrogens is 442 g/mol. The van der Waals surface area contributed by atoms with Crippen LogP contribution in [0.3, 0.4) is 0 Å². The average Bonchev–Trinajstić information content (AvgIpc) is 2.93. The third kappa shape index (κ3) is 6.47. The number of rotatable bonds is 8. The molecule has 0 unspecified atom stereocenters. The number of piperidine rings is 1. The average molecular weight is 472 g/mol. The number of hydrazone groups is 1. The smallest absolute Gasteiger partial charge is 0.271 e. The fourth-order valence-electron chi connectivity index (χ4n) is 3.89. The van der Waals surface area contributed by atoms with Crippen molar-refractivity contribution in [2.75, 3.05) is 20.2 Å². The summed E-state index contributed by atoms with van der Waals surface area (Å²) in [6, 6.07) is 21.9. The maximum Gasteiger partial charge on any atom is 0.271 e. The Balaban J connectivity index is 1.33. The molecule has 1 fully saturated rings. The number of hydrogen-bond donors (Lipinski definition) is 1. The fraction of sp³-hybridized carbons (Fsp3) is 0.250. The quantitative estimate of drug-likeness (QED) is 0.383. The molecule has 0 bridgehead atoms. The number of nitrogens with one attached hydrogen (secondary N) is 1. The first kappa shape index (κ1) is 24.0. The van der Waals surface area contributed by atoms with E-state index < -0.39 is 0 Å². The lowest BCUT2D eigenvalue weighted by Gasteiger charge is -2.26. The first-order valence-corrected chi connectivity index (χ1v) is 11.7. The molecule has 1 N–H and O–H groups in total. The molecular formula is C28H29N3O4. The lowest BCUT2D eigenvalue weighted by atomic mass is 10.1. The summed E-state index contributed by atoms with van der Waals surface area (Å²) in [5.74, 6) is 0.958. The van der Waals surface area contributed by atoms with Crippen LogP contribution in [0, 0.1) is 0 Å². The summed E-state index contributed by atoms with van der Waals surface area (Å²) in [5, 5.41) is 4.02. The van der Waals surface area contributed by atoms with Gasteiger partial charge in [-0.15, -0.1) is 0 Å². The van der Waals surface area contributed by atoms with Crippen molar-refractivity contribution in [2.45, 2.75) is 25.9 Å². The molecule has 0 spiro atoms. The summed E-state index contributed by atoms with van der Waals surface area (Å²) in [6.07, 6.45) is 4.90. The Morgan fingerprint density at radius 3 is 2.37 bits per heavy atom. The van der Waals surface area contributed by atoms with E-state index >= 15 is 0 Å². The highest BCUT2D eigenvalue weighted by Crippen LogP contribution is 2.28. The molecule has 7 nitrogen and oxygen atoms in total. The molecule has 2 amide bonds. The maximum absolute atomic E-state index is 12.6. The molecule has 0 saturated carbocycles. The van der Waals surface area contributed by atoms with E-state index in [1.807, 2.05) is 41.3 Å². The topological polar surface area (TPSA) is 80.2 Å². The minimum Gasteiger partial charge on any atom is -0.493 e. The molecule has 0 aliphatic carbocycles. The van der Waals surface area contributed by atoms with E-state index in [0.29, 0.717) is 29.2 Å². The maximum atomic E-state index is 12.6. The van der Waals surface area contributed by atoms with Gasteiger partial charge in [0.25, 0.3) is 11.8 Å². The van der Waals surface area contributed by atoms with E-state index in [1.54, 1.807) is 49.7 Å². The lowest BCUT2D eigenvalue weighted by molar-refractivity contribution is 0.0724. The number of likely N-dealkylation sites (tertiary alicyclic amines) is 1. The molecule has 0 aromatic heterocycles. The molecule has 3 aromatic rings. The highest BCUT2D eigenvalue weighted by atomic mass is 16.5. The van der Waals surface area contributed by atoms with Gasteiger partial charge in [-0.3, -0.25) is 9.59 Å². The number of benzene rings is 3. The number of amides is 2. The van der Waals surface area contributed by atoms with Crippen LogP contribution in [0.25, 0.3) is 0 Å². The van der Waals surface area contributed by atoms with Gasteiger partial charge in [0.15, 0.2) is 11.5 Å². The Morgan fingerprint density at radius 2 is 1.66 bits per heavy atom. The third-order valence-electron chi connectivity index (χ3n) is 5.84. The zero-order chi connectivity index (χ0) is 24.5. The van der Waals surface area contributed by atoms with Crippen LogP contribution in [0.5, 0.6) is 11.5 Å². The van der Waals surface area contributed by atoms with Crippen molar-refractivity contribution in [1.82, 2.24) is 10.3 Å². The second-order valence-electron chi connectivity index (χ2n) is 8.31. The van der Waals surface area contributed by atoms with Gasteiger partial charge < -0.3 is 14.4 Å². The number of nitrogens with zero attached hydrogens (tertiary/aromatic N) is 2. The first-order chi connectivity index (χ1) is 17.1. The second kappa shape index (κ2) is 11.8. The van der Waals surface area contributed by atoms with Crippen LogP contribution < -0.4 is 14.9 Å². The van der Waals surface area contributed by atoms with E-state index in [-0.39, 0.29) is 11.8 Å². The largest absolute Gasteiger partial charge is 0.493 e. The molecule has 0 atom stereocenters. The number of methoxy groups -OCH3 is 1. The van der Waals surface area contributed by atoms with Crippen molar-refractivity contribution in [3.63, 3.8) is 0 Å². The van der Waals surface area contributed by atoms with Crippen molar-refractivity contribution >= 4 is 18.0 Å². The lowest BCUT2D eigenvalue weighted by Crippen LogP contribution is -2.35. The van der Waals surface area contributed by atoms with Gasteiger partial charge in [-0.1, -0.05) is 30.3 Å². The van der Waals surface area contributed by atoms with Gasteiger partial charge in [-0.25, -0.2) is 5.43 Å². The van der Waals surface area contributed by atoms with Gasteiger partial charge in [-0.2, -0.15) is 5.10 Å². The Hall–Kier alpha value is -4.13. The van der Waals surface area contributed by atoms with E-state index in [9.17, 15) is 9.59 Å². The molecule has 1 aliphatic rings. The van der Waals surface area contributed by atoms with Crippen LogP contribution in [0.2, 0.25) is 0 Å². The fourth-order valence-corrected chi connectivity index (χ4v) is 3.89. The number of carbonyl (C=O) groups is 2. The predicted molar refractivity (Wildman–Crippen MR) is 135 cm³/mol. The third-order valence-corrected chi connectivity index (χ3v) is 5.84. The molecule has 7 heteroatoms. The highest BCUT2D eigenvalue weighted by Gasteiger charge is 2.18. The van der Waals surface area contributed by atoms with E-state index in [0.717, 1.165) is 37.1 Å². The van der Waals surface area contributed by atoms with Crippen LogP contribution in [0.15, 0.2) is 77.9 Å². The standard InChI is InChI=1S/C28H29N3O4/c1-34-26-18-22(19-29-30-27(32)23-8-4-2-5-9-23)12-15-25(26)35-20-21-10-13-24(14-11-21)28(33)31-16-6-3-7-17-31/h2,4-5,8-15,18-19H,3,6-7,16-17,20H2,1H3,(H,30,32)/b29-19-. The van der Waals surface area contributed by atoms with Crippen LogP contribution in [-0.2, 0) is 6.61 Å². The normalized spacial score (nSPS) is 13.5. The first-order valence-electron chi connectivity index (χ1n) is 11.7. The molecule has 1 saturated heterocycles. The summed E-state index contributed by atoms with van der Waals surface area (Å²) < 4.78 is 11.4. The summed E-state index contributed by atoms with van der Waals surface area (Å²) >= 11 is 0. The highest BCUT2D eigenvalue weighted by molar-refractivity contribution is 5.95. The summed E-state index contributed by atoms with van der Waals surface area (Å²) in [7, 11) is 1.57. The molecule has 3 aromatic carbocycles. The molecule has 0 radical (unpaired) electrons. The zero-order valence-corrected chi connectivity index (χ0v) is 19.8. The van der Waals surface area contributed by atoms with Gasteiger partial charge in [-0.05, 0) is 72.9 Å². The second-order valence-corrected chi connectivity index (χ2v) is 8.31. The van der Waals surface area contributed by atoms with E-state index in [2.05, 4.69) is 10.5 Å². The molecule has 1 heterocycles. The monoisotopic (exact) mass is 471 g/mol.